The minimum Gasteiger partial charge on any atom is -0.281 e. The van der Waals surface area contributed by atoms with Gasteiger partial charge in [-0.3, -0.25) is 14.7 Å². The monoisotopic (exact) mass is 536 g/mol. The fourth-order valence-corrected chi connectivity index (χ4v) is 8.16. The number of aromatic nitrogens is 2. The van der Waals surface area contributed by atoms with Crippen LogP contribution in [0, 0.1) is 5.82 Å². The zero-order valence-electron chi connectivity index (χ0n) is 17.6. The summed E-state index contributed by atoms with van der Waals surface area (Å²) in [5.41, 5.74) is 1.18. The molecule has 1 aliphatic rings. The molecule has 0 spiro atoms. The standard InChI is InChI=1S/C22H18ClFN4O3S3/c23-19-8-9-20(33-19)34(30,31)28-11-3-5-17(28)21(29)27(13-15-4-1-2-10-25-15)22-26-16-7-6-14(24)12-18(16)32-22/h1-2,4,6-10,12,17H,3,5,11,13H2. The van der Waals surface area contributed by atoms with Gasteiger partial charge < -0.3 is 0 Å². The molecule has 0 aliphatic carbocycles. The van der Waals surface area contributed by atoms with Crippen molar-refractivity contribution in [3.8, 4) is 0 Å². The van der Waals surface area contributed by atoms with Crippen molar-refractivity contribution in [2.45, 2.75) is 29.6 Å². The Morgan fingerprint density at radius 3 is 2.79 bits per heavy atom. The number of sulfonamides is 1. The molecule has 4 heterocycles. The van der Waals surface area contributed by atoms with E-state index in [1.54, 1.807) is 24.4 Å². The summed E-state index contributed by atoms with van der Waals surface area (Å²) in [6, 6.07) is 11.7. The van der Waals surface area contributed by atoms with Crippen molar-refractivity contribution in [3.05, 3.63) is 70.6 Å². The fourth-order valence-electron chi connectivity index (χ4n) is 3.90. The summed E-state index contributed by atoms with van der Waals surface area (Å²) in [5.74, 6) is -0.790. The number of hydrogen-bond acceptors (Lipinski definition) is 7. The van der Waals surface area contributed by atoms with Crippen LogP contribution in [0.2, 0.25) is 4.34 Å². The van der Waals surface area contributed by atoms with Crippen molar-refractivity contribution >= 4 is 65.6 Å². The predicted molar refractivity (Wildman–Crippen MR) is 131 cm³/mol. The van der Waals surface area contributed by atoms with Crippen LogP contribution in [0.1, 0.15) is 18.5 Å². The summed E-state index contributed by atoms with van der Waals surface area (Å²) in [7, 11) is -3.89. The van der Waals surface area contributed by atoms with Crippen LogP contribution >= 0.6 is 34.3 Å². The van der Waals surface area contributed by atoms with E-state index in [0.717, 1.165) is 11.3 Å². The maximum Gasteiger partial charge on any atom is 0.253 e. The molecule has 3 aromatic heterocycles. The molecule has 0 radical (unpaired) electrons. The lowest BCUT2D eigenvalue weighted by Crippen LogP contribution is -2.47. The highest BCUT2D eigenvalue weighted by Crippen LogP contribution is 2.35. The number of thiazole rings is 1. The number of thiophene rings is 1. The molecule has 1 aliphatic heterocycles. The van der Waals surface area contributed by atoms with Gasteiger partial charge in [-0.25, -0.2) is 17.8 Å². The zero-order chi connectivity index (χ0) is 23.9. The van der Waals surface area contributed by atoms with Crippen molar-refractivity contribution in [2.24, 2.45) is 0 Å². The normalized spacial score (nSPS) is 16.8. The zero-order valence-corrected chi connectivity index (χ0v) is 20.8. The molecule has 1 atom stereocenters. The molecule has 1 unspecified atom stereocenters. The van der Waals surface area contributed by atoms with Gasteiger partial charge in [-0.15, -0.1) is 11.3 Å². The molecule has 12 heteroatoms. The van der Waals surface area contributed by atoms with Gasteiger partial charge in [0.25, 0.3) is 10.0 Å². The van der Waals surface area contributed by atoms with Crippen LogP contribution in [0.5, 0.6) is 0 Å². The summed E-state index contributed by atoms with van der Waals surface area (Å²) < 4.78 is 42.6. The molecule has 7 nitrogen and oxygen atoms in total. The fraction of sp³-hybridized carbons (Fsp3) is 0.227. The van der Waals surface area contributed by atoms with Crippen molar-refractivity contribution < 1.29 is 17.6 Å². The van der Waals surface area contributed by atoms with Crippen LogP contribution < -0.4 is 4.90 Å². The van der Waals surface area contributed by atoms with Crippen LogP contribution in [-0.2, 0) is 21.4 Å². The molecule has 1 aromatic carbocycles. The highest BCUT2D eigenvalue weighted by Gasteiger charge is 2.42. The number of hydrogen-bond donors (Lipinski definition) is 0. The second kappa shape index (κ2) is 9.31. The molecule has 0 bridgehead atoms. The Balaban J connectivity index is 1.52. The highest BCUT2D eigenvalue weighted by molar-refractivity contribution is 7.91. The molecule has 1 saturated heterocycles. The van der Waals surface area contributed by atoms with Gasteiger partial charge >= 0.3 is 0 Å². The molecule has 1 amide bonds. The lowest BCUT2D eigenvalue weighted by Gasteiger charge is -2.28. The van der Waals surface area contributed by atoms with Gasteiger partial charge in [0.05, 0.1) is 26.8 Å². The first-order chi connectivity index (χ1) is 16.3. The smallest absolute Gasteiger partial charge is 0.253 e. The van der Waals surface area contributed by atoms with Crippen LogP contribution in [-0.4, -0.2) is 41.2 Å². The minimum absolute atomic E-state index is 0.101. The SMILES string of the molecule is O=C(C1CCCN1S(=O)(=O)c1ccc(Cl)s1)N(Cc1ccccn1)c1nc2ccc(F)cc2s1. The summed E-state index contributed by atoms with van der Waals surface area (Å²) in [5, 5.41) is 0.361. The van der Waals surface area contributed by atoms with Gasteiger partial charge in [0.15, 0.2) is 5.13 Å². The third kappa shape index (κ3) is 4.46. The van der Waals surface area contributed by atoms with Crippen molar-refractivity contribution in [1.82, 2.24) is 14.3 Å². The quantitative estimate of drug-likeness (QED) is 0.349. The maximum absolute atomic E-state index is 13.8. The lowest BCUT2D eigenvalue weighted by molar-refractivity contribution is -0.121. The summed E-state index contributed by atoms with van der Waals surface area (Å²) >= 11 is 8.10. The molecule has 0 N–H and O–H groups in total. The molecular weight excluding hydrogens is 519 g/mol. The molecule has 1 fully saturated rings. The van der Waals surface area contributed by atoms with E-state index in [2.05, 4.69) is 9.97 Å². The van der Waals surface area contributed by atoms with Gasteiger partial charge in [0.2, 0.25) is 5.91 Å². The number of carbonyl (C=O) groups is 1. The predicted octanol–water partition coefficient (Wildman–Crippen LogP) is 4.93. The van der Waals surface area contributed by atoms with Crippen molar-refractivity contribution in [1.29, 1.82) is 0 Å². The molecular formula is C22H18ClFN4O3S3. The number of halogens is 2. The van der Waals surface area contributed by atoms with Crippen molar-refractivity contribution in [3.63, 3.8) is 0 Å². The summed E-state index contributed by atoms with van der Waals surface area (Å²) in [6.07, 6.45) is 2.56. The van der Waals surface area contributed by atoms with E-state index in [0.29, 0.717) is 38.2 Å². The number of anilines is 1. The van der Waals surface area contributed by atoms with E-state index in [9.17, 15) is 17.6 Å². The Morgan fingerprint density at radius 2 is 2.06 bits per heavy atom. The van der Waals surface area contributed by atoms with Crippen LogP contribution in [0.15, 0.2) is 58.9 Å². The van der Waals surface area contributed by atoms with E-state index in [1.165, 1.54) is 44.8 Å². The minimum atomic E-state index is -3.89. The third-order valence-corrected chi connectivity index (χ3v) is 10.1. The van der Waals surface area contributed by atoms with E-state index >= 15 is 0 Å². The second-order valence-electron chi connectivity index (χ2n) is 7.69. The number of fused-ring (bicyclic) bond motifs is 1. The third-order valence-electron chi connectivity index (χ3n) is 5.48. The number of carbonyl (C=O) groups excluding carboxylic acids is 1. The Hall–Kier alpha value is -2.44. The van der Waals surface area contributed by atoms with Gasteiger partial charge in [0, 0.05) is 12.7 Å². The second-order valence-corrected chi connectivity index (χ2v) is 12.5. The van der Waals surface area contributed by atoms with E-state index in [-0.39, 0.29) is 17.3 Å². The lowest BCUT2D eigenvalue weighted by atomic mass is 10.2. The first-order valence-corrected chi connectivity index (χ1v) is 13.8. The maximum atomic E-state index is 13.8. The van der Waals surface area contributed by atoms with Gasteiger partial charge in [-0.1, -0.05) is 29.0 Å². The van der Waals surface area contributed by atoms with E-state index in [1.807, 2.05) is 6.07 Å². The first-order valence-electron chi connectivity index (χ1n) is 10.4. The number of rotatable bonds is 6. The summed E-state index contributed by atoms with van der Waals surface area (Å²) in [6.45, 7) is 0.341. The van der Waals surface area contributed by atoms with Crippen LogP contribution in [0.4, 0.5) is 9.52 Å². The van der Waals surface area contributed by atoms with E-state index in [4.69, 9.17) is 11.6 Å². The topological polar surface area (TPSA) is 83.5 Å². The number of amides is 1. The van der Waals surface area contributed by atoms with E-state index < -0.39 is 27.8 Å². The Kier molecular flexibility index (Phi) is 6.38. The van der Waals surface area contributed by atoms with Gasteiger partial charge in [-0.05, 0) is 55.3 Å². The number of pyridine rings is 1. The molecule has 34 heavy (non-hydrogen) atoms. The summed E-state index contributed by atoms with van der Waals surface area (Å²) in [4.78, 5) is 24.2. The molecule has 0 saturated carbocycles. The Bertz CT molecular complexity index is 1460. The molecule has 176 valence electrons. The average Bonchev–Trinajstić information content (AvgIpc) is 3.57. The van der Waals surface area contributed by atoms with Crippen molar-refractivity contribution in [2.75, 3.05) is 11.4 Å². The van der Waals surface area contributed by atoms with Crippen LogP contribution in [0.3, 0.4) is 0 Å². The molecule has 5 rings (SSSR count). The first kappa shape index (κ1) is 23.3. The van der Waals surface area contributed by atoms with Crippen LogP contribution in [0.25, 0.3) is 10.2 Å². The van der Waals surface area contributed by atoms with Gasteiger partial charge in [-0.2, -0.15) is 4.31 Å². The highest BCUT2D eigenvalue weighted by atomic mass is 35.5. The average molecular weight is 537 g/mol. The number of benzene rings is 1. The molecule has 4 aromatic rings. The number of nitrogens with zero attached hydrogens (tertiary/aromatic N) is 4. The Labute approximate surface area is 208 Å². The largest absolute Gasteiger partial charge is 0.281 e. The van der Waals surface area contributed by atoms with Gasteiger partial charge in [0.1, 0.15) is 16.1 Å². The Morgan fingerprint density at radius 1 is 1.21 bits per heavy atom.